The first-order chi connectivity index (χ1) is 12.4. The lowest BCUT2D eigenvalue weighted by molar-refractivity contribution is 0.793. The van der Waals surface area contributed by atoms with E-state index < -0.39 is 0 Å². The average Bonchev–Trinajstić information content (AvgIpc) is 2.89. The van der Waals surface area contributed by atoms with E-state index in [4.69, 9.17) is 4.98 Å². The number of fused-ring (bicyclic) bond motifs is 1. The Labute approximate surface area is 159 Å². The first-order valence-corrected chi connectivity index (χ1v) is 9.75. The molecule has 1 aromatic carbocycles. The molecule has 0 spiro atoms. The molecule has 2 rings (SSSR count). The number of hydrogen-bond donors (Lipinski definition) is 0. The van der Waals surface area contributed by atoms with Crippen LogP contribution in [0.15, 0.2) is 53.1 Å². The van der Waals surface area contributed by atoms with Crippen LogP contribution in [0.5, 0.6) is 0 Å². The Morgan fingerprint density at radius 3 is 2.27 bits per heavy atom. The Morgan fingerprint density at radius 1 is 0.923 bits per heavy atom. The number of para-hydroxylation sites is 1. The molecule has 1 heterocycles. The lowest BCUT2D eigenvalue weighted by atomic mass is 10.1. The van der Waals surface area contributed by atoms with E-state index in [0.29, 0.717) is 0 Å². The number of hydrogen-bond acceptors (Lipinski definition) is 1. The predicted octanol–water partition coefficient (Wildman–Crippen LogP) is 7.07. The van der Waals surface area contributed by atoms with Gasteiger partial charge in [0.1, 0.15) is 5.82 Å². The third kappa shape index (κ3) is 5.72. The van der Waals surface area contributed by atoms with Crippen LogP contribution in [0.4, 0.5) is 0 Å². The van der Waals surface area contributed by atoms with Gasteiger partial charge in [-0.2, -0.15) is 0 Å². The van der Waals surface area contributed by atoms with Crippen molar-refractivity contribution in [1.29, 1.82) is 0 Å². The van der Waals surface area contributed by atoms with Gasteiger partial charge in [0.05, 0.1) is 11.0 Å². The van der Waals surface area contributed by atoms with Crippen LogP contribution in [-0.4, -0.2) is 9.55 Å². The van der Waals surface area contributed by atoms with E-state index in [9.17, 15) is 0 Å². The zero-order chi connectivity index (χ0) is 19.1. The van der Waals surface area contributed by atoms with Gasteiger partial charge in [0.15, 0.2) is 0 Å². The van der Waals surface area contributed by atoms with Crippen molar-refractivity contribution in [2.24, 2.45) is 0 Å². The summed E-state index contributed by atoms with van der Waals surface area (Å²) in [6.45, 7) is 14.0. The summed E-state index contributed by atoms with van der Waals surface area (Å²) in [5.41, 5.74) is 7.98. The third-order valence-corrected chi connectivity index (χ3v) is 4.92. The van der Waals surface area contributed by atoms with Crippen LogP contribution in [0, 0.1) is 13.8 Å². The average molecular weight is 351 g/mol. The van der Waals surface area contributed by atoms with E-state index in [1.807, 2.05) is 0 Å². The molecule has 0 amide bonds. The minimum Gasteiger partial charge on any atom is -0.324 e. The summed E-state index contributed by atoms with van der Waals surface area (Å²) in [6.07, 6.45) is 11.7. The number of rotatable bonds is 8. The van der Waals surface area contributed by atoms with Gasteiger partial charge in [0.25, 0.3) is 0 Å². The van der Waals surface area contributed by atoms with Crippen LogP contribution < -0.4 is 0 Å². The normalized spacial score (nSPS) is 12.7. The Balaban J connectivity index is 1.92. The molecule has 0 N–H and O–H groups in total. The summed E-state index contributed by atoms with van der Waals surface area (Å²) >= 11 is 0. The smallest absolute Gasteiger partial charge is 0.107 e. The van der Waals surface area contributed by atoms with Crippen LogP contribution >= 0.6 is 0 Å². The van der Waals surface area contributed by atoms with Gasteiger partial charge in [-0.3, -0.25) is 0 Å². The Hall–Kier alpha value is -2.09. The van der Waals surface area contributed by atoms with Crippen LogP contribution in [0.2, 0.25) is 0 Å². The number of benzene rings is 1. The summed E-state index contributed by atoms with van der Waals surface area (Å²) in [5.74, 6) is 1.09. The van der Waals surface area contributed by atoms with Crippen LogP contribution in [0.3, 0.4) is 0 Å². The molecule has 0 aliphatic heterocycles. The van der Waals surface area contributed by atoms with Crippen LogP contribution in [0.1, 0.15) is 64.8 Å². The van der Waals surface area contributed by atoms with E-state index in [1.165, 1.54) is 34.2 Å². The maximum Gasteiger partial charge on any atom is 0.107 e. The second-order valence-corrected chi connectivity index (χ2v) is 7.67. The molecule has 0 radical (unpaired) electrons. The van der Waals surface area contributed by atoms with Gasteiger partial charge in [0, 0.05) is 6.54 Å². The molecule has 2 aromatic rings. The number of nitrogens with zero attached hydrogens (tertiary/aromatic N) is 2. The fourth-order valence-corrected chi connectivity index (χ4v) is 3.22. The predicted molar refractivity (Wildman–Crippen MR) is 115 cm³/mol. The van der Waals surface area contributed by atoms with E-state index in [2.05, 4.69) is 82.5 Å². The van der Waals surface area contributed by atoms with Crippen molar-refractivity contribution in [1.82, 2.24) is 9.55 Å². The highest BCUT2D eigenvalue weighted by Crippen LogP contribution is 2.20. The number of allylic oxidation sites excluding steroid dienone is 6. The van der Waals surface area contributed by atoms with E-state index >= 15 is 0 Å². The molecule has 0 atom stereocenters. The molecule has 0 unspecified atom stereocenters. The molecule has 0 fully saturated rings. The summed E-state index contributed by atoms with van der Waals surface area (Å²) in [7, 11) is 0. The standard InChI is InChI=1S/C24H34N2/c1-18(2)10-7-11-19(3)12-8-13-20(4)16-17-26-22(6)25-24-21(5)14-9-15-23(24)26/h9-10,12,14-16H,7-8,11,13,17H2,1-6H3/b19-12+,20-16+. The van der Waals surface area contributed by atoms with Gasteiger partial charge in [-0.05, 0) is 78.9 Å². The molecular formula is C24H34N2. The molecule has 0 aliphatic rings. The summed E-state index contributed by atoms with van der Waals surface area (Å²) < 4.78 is 2.31. The summed E-state index contributed by atoms with van der Waals surface area (Å²) in [5, 5.41) is 0. The van der Waals surface area contributed by atoms with Gasteiger partial charge in [0.2, 0.25) is 0 Å². The molecule has 0 saturated carbocycles. The maximum atomic E-state index is 4.74. The number of aryl methyl sites for hydroxylation is 2. The van der Waals surface area contributed by atoms with E-state index in [0.717, 1.165) is 37.1 Å². The van der Waals surface area contributed by atoms with Gasteiger partial charge in [-0.1, -0.05) is 47.1 Å². The topological polar surface area (TPSA) is 17.8 Å². The van der Waals surface area contributed by atoms with Gasteiger partial charge >= 0.3 is 0 Å². The Morgan fingerprint density at radius 2 is 1.58 bits per heavy atom. The molecule has 0 saturated heterocycles. The molecule has 0 aliphatic carbocycles. The summed E-state index contributed by atoms with van der Waals surface area (Å²) in [6, 6.07) is 6.42. The molecular weight excluding hydrogens is 316 g/mol. The largest absolute Gasteiger partial charge is 0.324 e. The van der Waals surface area contributed by atoms with Crippen molar-refractivity contribution in [3.05, 3.63) is 64.5 Å². The van der Waals surface area contributed by atoms with Crippen molar-refractivity contribution < 1.29 is 0 Å². The van der Waals surface area contributed by atoms with Crippen molar-refractivity contribution in [2.45, 2.75) is 73.8 Å². The zero-order valence-electron chi connectivity index (χ0n) is 17.4. The molecule has 140 valence electrons. The minimum atomic E-state index is 0.904. The first kappa shape index (κ1) is 20.2. The third-order valence-electron chi connectivity index (χ3n) is 4.92. The van der Waals surface area contributed by atoms with Crippen LogP contribution in [0.25, 0.3) is 11.0 Å². The Bertz CT molecular complexity index is 827. The molecule has 1 aromatic heterocycles. The Kier molecular flexibility index (Phi) is 7.44. The first-order valence-electron chi connectivity index (χ1n) is 9.75. The van der Waals surface area contributed by atoms with Crippen molar-refractivity contribution >= 4 is 11.0 Å². The quantitative estimate of drug-likeness (QED) is 0.465. The van der Waals surface area contributed by atoms with E-state index in [1.54, 1.807) is 0 Å². The second-order valence-electron chi connectivity index (χ2n) is 7.67. The SMILES string of the molecule is CC(C)=CCC/C(C)=C/CC/C(C)=C/Cn1c(C)nc2c(C)cccc21. The van der Waals surface area contributed by atoms with Crippen molar-refractivity contribution in [3.63, 3.8) is 0 Å². The lowest BCUT2D eigenvalue weighted by Gasteiger charge is -2.06. The molecule has 0 bridgehead atoms. The lowest BCUT2D eigenvalue weighted by Crippen LogP contribution is -1.98. The summed E-state index contributed by atoms with van der Waals surface area (Å²) in [4.78, 5) is 4.74. The fourth-order valence-electron chi connectivity index (χ4n) is 3.22. The highest BCUT2D eigenvalue weighted by atomic mass is 15.1. The highest BCUT2D eigenvalue weighted by molar-refractivity contribution is 5.79. The van der Waals surface area contributed by atoms with Crippen molar-refractivity contribution in [2.75, 3.05) is 0 Å². The van der Waals surface area contributed by atoms with Gasteiger partial charge in [-0.15, -0.1) is 0 Å². The monoisotopic (exact) mass is 350 g/mol. The van der Waals surface area contributed by atoms with Crippen molar-refractivity contribution in [3.8, 4) is 0 Å². The molecule has 26 heavy (non-hydrogen) atoms. The van der Waals surface area contributed by atoms with E-state index in [-0.39, 0.29) is 0 Å². The maximum absolute atomic E-state index is 4.74. The van der Waals surface area contributed by atoms with Crippen LogP contribution in [-0.2, 0) is 6.54 Å². The second kappa shape index (κ2) is 9.56. The highest BCUT2D eigenvalue weighted by Gasteiger charge is 2.07. The van der Waals surface area contributed by atoms with Gasteiger partial charge < -0.3 is 4.57 Å². The minimum absolute atomic E-state index is 0.904. The zero-order valence-corrected chi connectivity index (χ0v) is 17.4. The molecule has 2 nitrogen and oxygen atoms in total. The number of imidazole rings is 1. The fraction of sp³-hybridized carbons (Fsp3) is 0.458. The number of aromatic nitrogens is 2. The van der Waals surface area contributed by atoms with Gasteiger partial charge in [-0.25, -0.2) is 4.98 Å². The molecule has 2 heteroatoms.